The van der Waals surface area contributed by atoms with E-state index in [-0.39, 0.29) is 11.3 Å². The van der Waals surface area contributed by atoms with Crippen molar-refractivity contribution in [2.24, 2.45) is 0 Å². The number of rotatable bonds is 2. The fourth-order valence-electron chi connectivity index (χ4n) is 0.887. The van der Waals surface area contributed by atoms with E-state index >= 15 is 0 Å². The largest absolute Gasteiger partial charge is 0.493 e. The van der Waals surface area contributed by atoms with Crippen molar-refractivity contribution in [3.05, 3.63) is 18.0 Å². The first-order valence-corrected chi connectivity index (χ1v) is 3.56. The number of esters is 1. The molecular formula is C8H10N2O3. The normalized spacial score (nSPS) is 9.38. The quantitative estimate of drug-likeness (QED) is 0.672. The van der Waals surface area contributed by atoms with Crippen LogP contribution >= 0.6 is 0 Å². The number of aromatic nitrogens is 1. The molecule has 0 aliphatic heterocycles. The third kappa shape index (κ3) is 1.69. The average Bonchev–Trinajstić information content (AvgIpc) is 2.17. The van der Waals surface area contributed by atoms with Crippen molar-refractivity contribution in [1.29, 1.82) is 0 Å². The molecule has 1 heterocycles. The number of nitrogens with zero attached hydrogens (tertiary/aromatic N) is 1. The van der Waals surface area contributed by atoms with Gasteiger partial charge in [-0.05, 0) is 0 Å². The van der Waals surface area contributed by atoms with Crippen molar-refractivity contribution in [1.82, 2.24) is 4.98 Å². The Kier molecular flexibility index (Phi) is 2.69. The highest BCUT2D eigenvalue weighted by atomic mass is 16.5. The van der Waals surface area contributed by atoms with E-state index in [9.17, 15) is 4.79 Å². The van der Waals surface area contributed by atoms with E-state index in [0.29, 0.717) is 5.75 Å². The summed E-state index contributed by atoms with van der Waals surface area (Å²) >= 11 is 0. The Balaban J connectivity index is 3.15. The van der Waals surface area contributed by atoms with Gasteiger partial charge in [-0.3, -0.25) is 4.98 Å². The van der Waals surface area contributed by atoms with Crippen molar-refractivity contribution >= 4 is 11.7 Å². The molecule has 0 bridgehead atoms. The summed E-state index contributed by atoms with van der Waals surface area (Å²) in [5, 5.41) is 0. The SMILES string of the molecule is COC(=O)c1cncc(OC)c1N. The first-order valence-electron chi connectivity index (χ1n) is 3.56. The highest BCUT2D eigenvalue weighted by Gasteiger charge is 2.13. The second kappa shape index (κ2) is 3.75. The third-order valence-corrected chi connectivity index (χ3v) is 1.58. The molecule has 0 spiro atoms. The molecule has 1 aromatic rings. The Hall–Kier alpha value is -1.78. The maximum Gasteiger partial charge on any atom is 0.341 e. The summed E-state index contributed by atoms with van der Waals surface area (Å²) in [5.41, 5.74) is 6.05. The summed E-state index contributed by atoms with van der Waals surface area (Å²) in [5.74, 6) is -0.160. The summed E-state index contributed by atoms with van der Waals surface area (Å²) in [6.07, 6.45) is 2.77. The second-order valence-electron chi connectivity index (χ2n) is 2.29. The van der Waals surface area contributed by atoms with Gasteiger partial charge in [-0.15, -0.1) is 0 Å². The summed E-state index contributed by atoms with van der Waals surface area (Å²) in [7, 11) is 2.73. The van der Waals surface area contributed by atoms with Crippen LogP contribution in [0.3, 0.4) is 0 Å². The predicted octanol–water partition coefficient (Wildman–Crippen LogP) is 0.459. The number of hydrogen-bond donors (Lipinski definition) is 1. The molecule has 0 saturated carbocycles. The fraction of sp³-hybridized carbons (Fsp3) is 0.250. The lowest BCUT2D eigenvalue weighted by Crippen LogP contribution is -2.07. The minimum absolute atomic E-state index is 0.210. The van der Waals surface area contributed by atoms with E-state index in [2.05, 4.69) is 9.72 Å². The molecule has 5 heteroatoms. The molecular weight excluding hydrogens is 172 g/mol. The van der Waals surface area contributed by atoms with E-state index in [0.717, 1.165) is 0 Å². The average molecular weight is 182 g/mol. The zero-order chi connectivity index (χ0) is 9.84. The molecule has 0 radical (unpaired) electrons. The molecule has 0 aliphatic carbocycles. The molecule has 70 valence electrons. The summed E-state index contributed by atoms with van der Waals surface area (Å²) in [6.45, 7) is 0. The molecule has 2 N–H and O–H groups in total. The lowest BCUT2D eigenvalue weighted by atomic mass is 10.2. The Bertz CT molecular complexity index is 325. The van der Waals surface area contributed by atoms with Crippen LogP contribution in [0.5, 0.6) is 5.75 Å². The molecule has 0 saturated heterocycles. The van der Waals surface area contributed by atoms with Crippen LogP contribution in [0, 0.1) is 0 Å². The van der Waals surface area contributed by atoms with Gasteiger partial charge in [-0.1, -0.05) is 0 Å². The summed E-state index contributed by atoms with van der Waals surface area (Å²) in [4.78, 5) is 14.9. The summed E-state index contributed by atoms with van der Waals surface area (Å²) < 4.78 is 9.39. The van der Waals surface area contributed by atoms with Gasteiger partial charge in [0.1, 0.15) is 5.56 Å². The first-order chi connectivity index (χ1) is 6.20. The van der Waals surface area contributed by atoms with E-state index in [1.807, 2.05) is 0 Å². The number of nitrogen functional groups attached to an aromatic ring is 1. The van der Waals surface area contributed by atoms with Gasteiger partial charge in [-0.2, -0.15) is 0 Å². The van der Waals surface area contributed by atoms with Gasteiger partial charge >= 0.3 is 5.97 Å². The van der Waals surface area contributed by atoms with Crippen LogP contribution in [-0.4, -0.2) is 25.2 Å². The number of methoxy groups -OCH3 is 2. The number of anilines is 1. The van der Waals surface area contributed by atoms with Crippen molar-refractivity contribution in [3.63, 3.8) is 0 Å². The zero-order valence-electron chi connectivity index (χ0n) is 7.40. The van der Waals surface area contributed by atoms with E-state index in [4.69, 9.17) is 10.5 Å². The van der Waals surface area contributed by atoms with Crippen LogP contribution in [0.25, 0.3) is 0 Å². The summed E-state index contributed by atoms with van der Waals surface area (Å²) in [6, 6.07) is 0. The van der Waals surface area contributed by atoms with Crippen LogP contribution in [0.1, 0.15) is 10.4 Å². The molecule has 0 fully saturated rings. The van der Waals surface area contributed by atoms with Crippen molar-refractivity contribution in [2.75, 3.05) is 20.0 Å². The zero-order valence-corrected chi connectivity index (χ0v) is 7.40. The molecule has 13 heavy (non-hydrogen) atoms. The molecule has 5 nitrogen and oxygen atoms in total. The Morgan fingerprint density at radius 3 is 2.69 bits per heavy atom. The van der Waals surface area contributed by atoms with Crippen molar-refractivity contribution < 1.29 is 14.3 Å². The van der Waals surface area contributed by atoms with Gasteiger partial charge < -0.3 is 15.2 Å². The molecule has 0 atom stereocenters. The molecule has 1 rings (SSSR count). The highest BCUT2D eigenvalue weighted by molar-refractivity contribution is 5.95. The van der Waals surface area contributed by atoms with Crippen molar-refractivity contribution in [2.45, 2.75) is 0 Å². The topological polar surface area (TPSA) is 74.4 Å². The van der Waals surface area contributed by atoms with E-state index in [1.165, 1.54) is 26.6 Å². The maximum absolute atomic E-state index is 11.1. The predicted molar refractivity (Wildman–Crippen MR) is 46.5 cm³/mol. The van der Waals surface area contributed by atoms with Crippen LogP contribution in [0.4, 0.5) is 5.69 Å². The van der Waals surface area contributed by atoms with Crippen LogP contribution in [-0.2, 0) is 4.74 Å². The van der Waals surface area contributed by atoms with Gasteiger partial charge in [0.2, 0.25) is 0 Å². The number of carbonyl (C=O) groups is 1. The highest BCUT2D eigenvalue weighted by Crippen LogP contribution is 2.23. The number of nitrogens with two attached hydrogens (primary N) is 1. The molecule has 0 aliphatic rings. The van der Waals surface area contributed by atoms with E-state index in [1.54, 1.807) is 0 Å². The lowest BCUT2D eigenvalue weighted by molar-refractivity contribution is 0.0601. The smallest absolute Gasteiger partial charge is 0.341 e. The third-order valence-electron chi connectivity index (χ3n) is 1.58. The monoisotopic (exact) mass is 182 g/mol. The van der Waals surface area contributed by atoms with Crippen LogP contribution in [0.15, 0.2) is 12.4 Å². The Morgan fingerprint density at radius 2 is 2.15 bits per heavy atom. The fourth-order valence-corrected chi connectivity index (χ4v) is 0.887. The number of carbonyl (C=O) groups excluding carboxylic acids is 1. The lowest BCUT2D eigenvalue weighted by Gasteiger charge is -2.06. The number of hydrogen-bond acceptors (Lipinski definition) is 5. The van der Waals surface area contributed by atoms with Gasteiger partial charge in [-0.25, -0.2) is 4.79 Å². The molecule has 0 amide bonds. The molecule has 0 aromatic carbocycles. The number of ether oxygens (including phenoxy) is 2. The minimum Gasteiger partial charge on any atom is -0.493 e. The van der Waals surface area contributed by atoms with Crippen molar-refractivity contribution in [3.8, 4) is 5.75 Å². The molecule has 1 aromatic heterocycles. The second-order valence-corrected chi connectivity index (χ2v) is 2.29. The Labute approximate surface area is 75.5 Å². The van der Waals surface area contributed by atoms with Gasteiger partial charge in [0.05, 0.1) is 26.1 Å². The first kappa shape index (κ1) is 9.31. The molecule has 0 unspecified atom stereocenters. The van der Waals surface area contributed by atoms with Gasteiger partial charge in [0, 0.05) is 6.20 Å². The number of pyridine rings is 1. The standard InChI is InChI=1S/C8H10N2O3/c1-12-6-4-10-3-5(7(6)9)8(11)13-2/h3-4H,1-2H3,(H2,9,10). The van der Waals surface area contributed by atoms with E-state index < -0.39 is 5.97 Å². The van der Waals surface area contributed by atoms with Crippen LogP contribution < -0.4 is 10.5 Å². The van der Waals surface area contributed by atoms with Gasteiger partial charge in [0.25, 0.3) is 0 Å². The van der Waals surface area contributed by atoms with Gasteiger partial charge in [0.15, 0.2) is 5.75 Å². The maximum atomic E-state index is 11.1. The Morgan fingerprint density at radius 1 is 1.46 bits per heavy atom. The minimum atomic E-state index is -0.524. The van der Waals surface area contributed by atoms with Crippen LogP contribution in [0.2, 0.25) is 0 Å².